The Bertz CT molecular complexity index is 472. The lowest BCUT2D eigenvalue weighted by molar-refractivity contribution is -0.137. The number of carboxylic acid groups (broad SMARTS) is 1. The number of carbonyl (C=O) groups excluding carboxylic acids is 1. The summed E-state index contributed by atoms with van der Waals surface area (Å²) < 4.78 is 4.86. The molecule has 0 aliphatic heterocycles. The summed E-state index contributed by atoms with van der Waals surface area (Å²) in [6.07, 6.45) is 0. The summed E-state index contributed by atoms with van der Waals surface area (Å²) in [6.45, 7) is 1.75. The van der Waals surface area contributed by atoms with Crippen LogP contribution >= 0.6 is 0 Å². The molecule has 6 heteroatoms. The van der Waals surface area contributed by atoms with Crippen molar-refractivity contribution in [3.8, 4) is 5.75 Å². The number of phenols is 1. The number of carbonyl (C=O) groups is 2. The molecule has 6 nitrogen and oxygen atoms in total. The molecule has 1 aromatic carbocycles. The van der Waals surface area contributed by atoms with Crippen LogP contribution in [0.4, 0.5) is 0 Å². The fourth-order valence-corrected chi connectivity index (χ4v) is 1.68. The van der Waals surface area contributed by atoms with Crippen LogP contribution in [0.15, 0.2) is 18.2 Å². The molecule has 0 heterocycles. The van der Waals surface area contributed by atoms with Gasteiger partial charge >= 0.3 is 5.97 Å². The average Bonchev–Trinajstić information content (AvgIpc) is 2.33. The number of benzene rings is 1. The van der Waals surface area contributed by atoms with Crippen LogP contribution in [0.25, 0.3) is 0 Å². The molecule has 0 aliphatic rings. The first kappa shape index (κ1) is 15.0. The van der Waals surface area contributed by atoms with Crippen LogP contribution in [-0.2, 0) is 9.53 Å². The topological polar surface area (TPSA) is 87.1 Å². The van der Waals surface area contributed by atoms with Crippen molar-refractivity contribution in [2.45, 2.75) is 6.92 Å². The Balaban J connectivity index is 2.93. The summed E-state index contributed by atoms with van der Waals surface area (Å²) in [7, 11) is 1.48. The standard InChI is InChI=1S/C13H17NO5/c1-9-7-10(15)3-4-11(9)13(18)14(5-6-19-2)8-12(16)17/h3-4,7,15H,5-6,8H2,1-2H3,(H,16,17). The summed E-state index contributed by atoms with van der Waals surface area (Å²) in [4.78, 5) is 24.2. The zero-order valence-electron chi connectivity index (χ0n) is 10.9. The highest BCUT2D eigenvalue weighted by molar-refractivity contribution is 5.97. The van der Waals surface area contributed by atoms with E-state index in [-0.39, 0.29) is 25.4 Å². The fraction of sp³-hybridized carbons (Fsp3) is 0.385. The minimum absolute atomic E-state index is 0.0655. The molecule has 2 N–H and O–H groups in total. The minimum Gasteiger partial charge on any atom is -0.508 e. The Morgan fingerprint density at radius 2 is 2.05 bits per heavy atom. The first-order valence-electron chi connectivity index (χ1n) is 5.75. The number of aryl methyl sites for hydroxylation is 1. The lowest BCUT2D eigenvalue weighted by Crippen LogP contribution is -2.38. The molecule has 0 aromatic heterocycles. The number of ether oxygens (including phenoxy) is 1. The highest BCUT2D eigenvalue weighted by Gasteiger charge is 2.19. The average molecular weight is 267 g/mol. The Morgan fingerprint density at radius 3 is 2.58 bits per heavy atom. The molecule has 0 bridgehead atoms. The summed E-state index contributed by atoms with van der Waals surface area (Å²) in [5, 5.41) is 18.1. The Labute approximate surface area is 111 Å². The number of methoxy groups -OCH3 is 1. The third kappa shape index (κ3) is 4.26. The van der Waals surface area contributed by atoms with Crippen molar-refractivity contribution in [1.82, 2.24) is 4.90 Å². The number of aliphatic carboxylic acids is 1. The van der Waals surface area contributed by atoms with Crippen molar-refractivity contribution in [2.24, 2.45) is 0 Å². The monoisotopic (exact) mass is 267 g/mol. The molecule has 0 saturated heterocycles. The third-order valence-electron chi connectivity index (χ3n) is 2.62. The lowest BCUT2D eigenvalue weighted by atomic mass is 10.1. The van der Waals surface area contributed by atoms with Crippen LogP contribution in [0.5, 0.6) is 5.75 Å². The normalized spacial score (nSPS) is 10.2. The zero-order chi connectivity index (χ0) is 14.4. The number of carboxylic acids is 1. The van der Waals surface area contributed by atoms with Gasteiger partial charge in [-0.05, 0) is 30.7 Å². The van der Waals surface area contributed by atoms with Crippen molar-refractivity contribution in [3.05, 3.63) is 29.3 Å². The molecule has 0 atom stereocenters. The molecule has 19 heavy (non-hydrogen) atoms. The van der Waals surface area contributed by atoms with Crippen molar-refractivity contribution < 1.29 is 24.5 Å². The van der Waals surface area contributed by atoms with Gasteiger partial charge in [0.1, 0.15) is 12.3 Å². The molecule has 1 amide bonds. The van der Waals surface area contributed by atoms with Gasteiger partial charge in [-0.25, -0.2) is 0 Å². The molecule has 0 spiro atoms. The Hall–Kier alpha value is -2.08. The number of rotatable bonds is 6. The predicted molar refractivity (Wildman–Crippen MR) is 68.3 cm³/mol. The summed E-state index contributed by atoms with van der Waals surface area (Å²) in [5.74, 6) is -1.41. The molecule has 0 unspecified atom stereocenters. The van der Waals surface area contributed by atoms with Crippen LogP contribution < -0.4 is 0 Å². The molecule has 0 aliphatic carbocycles. The van der Waals surface area contributed by atoms with E-state index < -0.39 is 11.9 Å². The largest absolute Gasteiger partial charge is 0.508 e. The van der Waals surface area contributed by atoms with E-state index in [0.717, 1.165) is 0 Å². The number of phenolic OH excluding ortho intramolecular Hbond substituents is 1. The minimum atomic E-state index is -1.08. The number of hydrogen-bond acceptors (Lipinski definition) is 4. The Kier molecular flexibility index (Phi) is 5.32. The van der Waals surface area contributed by atoms with Crippen LogP contribution in [0, 0.1) is 6.92 Å². The van der Waals surface area contributed by atoms with Gasteiger partial charge in [0.2, 0.25) is 0 Å². The van der Waals surface area contributed by atoms with Gasteiger partial charge < -0.3 is 19.8 Å². The highest BCUT2D eigenvalue weighted by atomic mass is 16.5. The number of amides is 1. The van der Waals surface area contributed by atoms with E-state index in [2.05, 4.69) is 0 Å². The Morgan fingerprint density at radius 1 is 1.37 bits per heavy atom. The van der Waals surface area contributed by atoms with Gasteiger partial charge in [0, 0.05) is 19.2 Å². The zero-order valence-corrected chi connectivity index (χ0v) is 10.9. The first-order valence-corrected chi connectivity index (χ1v) is 5.75. The van der Waals surface area contributed by atoms with Gasteiger partial charge in [-0.1, -0.05) is 0 Å². The van der Waals surface area contributed by atoms with E-state index in [1.54, 1.807) is 6.92 Å². The molecule has 104 valence electrons. The SMILES string of the molecule is COCCN(CC(=O)O)C(=O)c1ccc(O)cc1C. The van der Waals surface area contributed by atoms with Crippen molar-refractivity contribution in [3.63, 3.8) is 0 Å². The van der Waals surface area contributed by atoms with E-state index >= 15 is 0 Å². The molecule has 1 aromatic rings. The number of hydrogen-bond donors (Lipinski definition) is 2. The molecule has 0 fully saturated rings. The van der Waals surface area contributed by atoms with Gasteiger partial charge in [-0.3, -0.25) is 9.59 Å². The van der Waals surface area contributed by atoms with E-state index in [9.17, 15) is 14.7 Å². The highest BCUT2D eigenvalue weighted by Crippen LogP contribution is 2.17. The van der Waals surface area contributed by atoms with Crippen LogP contribution in [0.2, 0.25) is 0 Å². The second-order valence-corrected chi connectivity index (χ2v) is 4.11. The number of nitrogens with zero attached hydrogens (tertiary/aromatic N) is 1. The second-order valence-electron chi connectivity index (χ2n) is 4.11. The van der Waals surface area contributed by atoms with Gasteiger partial charge in [-0.2, -0.15) is 0 Å². The molecule has 1 rings (SSSR count). The summed E-state index contributed by atoms with van der Waals surface area (Å²) >= 11 is 0. The summed E-state index contributed by atoms with van der Waals surface area (Å²) in [6, 6.07) is 4.34. The maximum Gasteiger partial charge on any atom is 0.323 e. The van der Waals surface area contributed by atoms with Crippen molar-refractivity contribution in [1.29, 1.82) is 0 Å². The first-order chi connectivity index (χ1) is 8.95. The van der Waals surface area contributed by atoms with Crippen LogP contribution in [-0.4, -0.2) is 53.8 Å². The van der Waals surface area contributed by atoms with Crippen LogP contribution in [0.1, 0.15) is 15.9 Å². The molecular formula is C13H17NO5. The van der Waals surface area contributed by atoms with Gasteiger partial charge in [0.15, 0.2) is 0 Å². The maximum absolute atomic E-state index is 12.2. The van der Waals surface area contributed by atoms with Crippen molar-refractivity contribution >= 4 is 11.9 Å². The maximum atomic E-state index is 12.2. The fourth-order valence-electron chi connectivity index (χ4n) is 1.68. The second kappa shape index (κ2) is 6.75. The van der Waals surface area contributed by atoms with E-state index in [1.807, 2.05) is 0 Å². The van der Waals surface area contributed by atoms with Gasteiger partial charge in [-0.15, -0.1) is 0 Å². The quantitative estimate of drug-likeness (QED) is 0.798. The van der Waals surface area contributed by atoms with Crippen LogP contribution in [0.3, 0.4) is 0 Å². The molecular weight excluding hydrogens is 250 g/mol. The van der Waals surface area contributed by atoms with E-state index in [0.29, 0.717) is 11.1 Å². The molecule has 0 radical (unpaired) electrons. The van der Waals surface area contributed by atoms with E-state index in [1.165, 1.54) is 30.2 Å². The predicted octanol–water partition coefficient (Wildman–Crippen LogP) is 0.874. The van der Waals surface area contributed by atoms with Gasteiger partial charge in [0.25, 0.3) is 5.91 Å². The lowest BCUT2D eigenvalue weighted by Gasteiger charge is -2.21. The molecule has 0 saturated carbocycles. The summed E-state index contributed by atoms with van der Waals surface area (Å²) in [5.41, 5.74) is 0.966. The number of aromatic hydroxyl groups is 1. The van der Waals surface area contributed by atoms with E-state index in [4.69, 9.17) is 9.84 Å². The van der Waals surface area contributed by atoms with Crippen molar-refractivity contribution in [2.75, 3.05) is 26.8 Å². The smallest absolute Gasteiger partial charge is 0.323 e. The third-order valence-corrected chi connectivity index (χ3v) is 2.62. The van der Waals surface area contributed by atoms with Gasteiger partial charge in [0.05, 0.1) is 6.61 Å².